The van der Waals surface area contributed by atoms with Gasteiger partial charge in [-0.3, -0.25) is 0 Å². The summed E-state index contributed by atoms with van der Waals surface area (Å²) < 4.78 is 7.33. The van der Waals surface area contributed by atoms with Gasteiger partial charge in [0, 0.05) is 17.0 Å². The average molecular weight is 483 g/mol. The zero-order valence-corrected chi connectivity index (χ0v) is 18.3. The summed E-state index contributed by atoms with van der Waals surface area (Å²) in [6.45, 7) is 0. The molecular formula is C21H15BrN4OS2. The fraction of sp³-hybridized carbons (Fsp3) is 0.0952. The van der Waals surface area contributed by atoms with Crippen LogP contribution in [0.25, 0.3) is 11.3 Å². The van der Waals surface area contributed by atoms with Crippen LogP contribution in [0.15, 0.2) is 75.7 Å². The summed E-state index contributed by atoms with van der Waals surface area (Å²) in [6, 6.07) is 22.3. The van der Waals surface area contributed by atoms with E-state index >= 15 is 0 Å². The quantitative estimate of drug-likeness (QED) is 0.351. The fourth-order valence-corrected chi connectivity index (χ4v) is 5.17. The molecule has 0 saturated carbocycles. The van der Waals surface area contributed by atoms with Gasteiger partial charge in [0.1, 0.15) is 0 Å². The first-order valence-electron chi connectivity index (χ1n) is 8.95. The third kappa shape index (κ3) is 4.01. The van der Waals surface area contributed by atoms with Crippen LogP contribution in [0.4, 0.5) is 5.69 Å². The van der Waals surface area contributed by atoms with Gasteiger partial charge in [-0.25, -0.2) is 0 Å². The van der Waals surface area contributed by atoms with E-state index in [4.69, 9.17) is 4.74 Å². The Labute approximate surface area is 184 Å². The number of nitrogens with one attached hydrogen (secondary N) is 1. The fourth-order valence-electron chi connectivity index (χ4n) is 3.03. The van der Waals surface area contributed by atoms with Crippen LogP contribution in [0.5, 0.6) is 5.88 Å². The van der Waals surface area contributed by atoms with E-state index in [2.05, 4.69) is 48.6 Å². The maximum Gasteiger partial charge on any atom is 0.247 e. The third-order valence-corrected chi connectivity index (χ3v) is 6.97. The monoisotopic (exact) mass is 482 g/mol. The lowest BCUT2D eigenvalue weighted by Gasteiger charge is -2.17. The van der Waals surface area contributed by atoms with Gasteiger partial charge in [0.25, 0.3) is 0 Å². The van der Waals surface area contributed by atoms with Gasteiger partial charge >= 0.3 is 0 Å². The van der Waals surface area contributed by atoms with Gasteiger partial charge in [-0.1, -0.05) is 60.3 Å². The van der Waals surface area contributed by atoms with Crippen molar-refractivity contribution in [1.29, 1.82) is 0 Å². The molecule has 5 nitrogen and oxygen atoms in total. The summed E-state index contributed by atoms with van der Waals surface area (Å²) in [5.74, 6) is 1.26. The number of para-hydroxylation sites is 1. The number of hydrogen-bond donors (Lipinski definition) is 1. The van der Waals surface area contributed by atoms with Gasteiger partial charge < -0.3 is 10.1 Å². The normalized spacial score (nSPS) is 14.9. The summed E-state index contributed by atoms with van der Waals surface area (Å²) >= 11 is 6.70. The molecule has 2 aromatic carbocycles. The van der Waals surface area contributed by atoms with Gasteiger partial charge in [-0.15, -0.1) is 21.5 Å². The minimum Gasteiger partial charge on any atom is -0.447 e. The Hall–Kier alpha value is -2.42. The van der Waals surface area contributed by atoms with E-state index in [-0.39, 0.29) is 6.23 Å². The minimum absolute atomic E-state index is 0.350. The Kier molecular flexibility index (Phi) is 5.22. The first-order chi connectivity index (χ1) is 14.3. The van der Waals surface area contributed by atoms with E-state index in [1.165, 1.54) is 5.56 Å². The van der Waals surface area contributed by atoms with Crippen LogP contribution in [0.1, 0.15) is 16.7 Å². The van der Waals surface area contributed by atoms with Gasteiger partial charge in [-0.2, -0.15) is 4.98 Å². The lowest BCUT2D eigenvalue weighted by Crippen LogP contribution is -2.15. The maximum atomic E-state index is 6.28. The first kappa shape index (κ1) is 18.6. The van der Waals surface area contributed by atoms with E-state index in [1.807, 2.05) is 54.6 Å². The molecule has 1 unspecified atom stereocenters. The molecular weight excluding hydrogens is 468 g/mol. The van der Waals surface area contributed by atoms with Crippen LogP contribution < -0.4 is 10.1 Å². The lowest BCUT2D eigenvalue weighted by molar-refractivity contribution is 0.229. The minimum atomic E-state index is -0.350. The standard InChI is InChI=1S/C21H15BrN4OS2/c22-17-11-10-16(29-17)19-23-15-9-5-4-8-14(15)18-20(27-19)24-21(26-25-18)28-12-13-6-2-1-3-7-13/h1-11,19,23H,12H2. The van der Waals surface area contributed by atoms with Crippen molar-refractivity contribution in [3.8, 4) is 17.1 Å². The Morgan fingerprint density at radius 1 is 1.00 bits per heavy atom. The molecule has 29 heavy (non-hydrogen) atoms. The number of halogens is 1. The molecule has 0 aliphatic carbocycles. The molecule has 1 aliphatic rings. The summed E-state index contributed by atoms with van der Waals surface area (Å²) in [5.41, 5.74) is 3.74. The third-order valence-electron chi connectivity index (χ3n) is 4.40. The zero-order valence-electron chi connectivity index (χ0n) is 15.1. The van der Waals surface area contributed by atoms with Crippen LogP contribution in [-0.4, -0.2) is 15.2 Å². The molecule has 0 amide bonds. The van der Waals surface area contributed by atoms with Crippen LogP contribution in [0.2, 0.25) is 0 Å². The van der Waals surface area contributed by atoms with Gasteiger partial charge in [0.2, 0.25) is 17.3 Å². The highest BCUT2D eigenvalue weighted by Crippen LogP contribution is 2.41. The van der Waals surface area contributed by atoms with Crippen LogP contribution in [-0.2, 0) is 5.75 Å². The Balaban J connectivity index is 1.50. The number of rotatable bonds is 4. The number of thioether (sulfide) groups is 1. The molecule has 8 heteroatoms. The number of hydrogen-bond acceptors (Lipinski definition) is 7. The van der Waals surface area contributed by atoms with Crippen LogP contribution in [0, 0.1) is 0 Å². The van der Waals surface area contributed by atoms with Gasteiger partial charge in [0.05, 0.1) is 8.66 Å². The molecule has 0 saturated heterocycles. The predicted octanol–water partition coefficient (Wildman–Crippen LogP) is 6.16. The van der Waals surface area contributed by atoms with Gasteiger partial charge in [-0.05, 0) is 39.7 Å². The molecule has 0 bridgehead atoms. The van der Waals surface area contributed by atoms with Crippen molar-refractivity contribution in [1.82, 2.24) is 15.2 Å². The Bertz CT molecular complexity index is 1150. The summed E-state index contributed by atoms with van der Waals surface area (Å²) in [5, 5.41) is 12.9. The van der Waals surface area contributed by atoms with Crippen molar-refractivity contribution < 1.29 is 4.74 Å². The number of benzene rings is 2. The summed E-state index contributed by atoms with van der Waals surface area (Å²) in [4.78, 5) is 5.74. The Morgan fingerprint density at radius 2 is 1.83 bits per heavy atom. The first-order valence-corrected chi connectivity index (χ1v) is 11.5. The molecule has 1 aliphatic heterocycles. The number of ether oxygens (including phenoxy) is 1. The van der Waals surface area contributed by atoms with Crippen molar-refractivity contribution in [2.24, 2.45) is 0 Å². The molecule has 2 aromatic heterocycles. The molecule has 0 fully saturated rings. The average Bonchev–Trinajstić information content (AvgIpc) is 3.12. The summed E-state index contributed by atoms with van der Waals surface area (Å²) in [7, 11) is 0. The number of thiophene rings is 1. The molecule has 0 radical (unpaired) electrons. The lowest BCUT2D eigenvalue weighted by atomic mass is 10.1. The molecule has 1 N–H and O–H groups in total. The van der Waals surface area contributed by atoms with E-state index < -0.39 is 0 Å². The molecule has 1 atom stereocenters. The molecule has 144 valence electrons. The van der Waals surface area contributed by atoms with E-state index in [9.17, 15) is 0 Å². The van der Waals surface area contributed by atoms with Crippen molar-refractivity contribution in [3.63, 3.8) is 0 Å². The number of aromatic nitrogens is 3. The number of anilines is 1. The van der Waals surface area contributed by atoms with E-state index in [0.717, 1.165) is 25.7 Å². The number of nitrogens with zero attached hydrogens (tertiary/aromatic N) is 3. The van der Waals surface area contributed by atoms with Crippen molar-refractivity contribution >= 4 is 44.7 Å². The smallest absolute Gasteiger partial charge is 0.247 e. The molecule has 0 spiro atoms. The highest BCUT2D eigenvalue weighted by Gasteiger charge is 2.26. The zero-order chi connectivity index (χ0) is 19.6. The van der Waals surface area contributed by atoms with E-state index in [0.29, 0.717) is 16.7 Å². The topological polar surface area (TPSA) is 59.9 Å². The largest absolute Gasteiger partial charge is 0.447 e. The Morgan fingerprint density at radius 3 is 2.66 bits per heavy atom. The highest BCUT2D eigenvalue weighted by atomic mass is 79.9. The summed E-state index contributed by atoms with van der Waals surface area (Å²) in [6.07, 6.45) is -0.350. The SMILES string of the molecule is Brc1ccc(C2Nc3ccccc3-c3nnc(SCc4ccccc4)nc3O2)s1. The van der Waals surface area contributed by atoms with Gasteiger partial charge in [0.15, 0.2) is 5.69 Å². The van der Waals surface area contributed by atoms with Crippen molar-refractivity contribution in [2.75, 3.05) is 5.32 Å². The highest BCUT2D eigenvalue weighted by molar-refractivity contribution is 9.11. The van der Waals surface area contributed by atoms with Crippen molar-refractivity contribution in [2.45, 2.75) is 17.1 Å². The predicted molar refractivity (Wildman–Crippen MR) is 120 cm³/mol. The second kappa shape index (κ2) is 8.14. The van der Waals surface area contributed by atoms with Crippen molar-refractivity contribution in [3.05, 3.63) is 81.0 Å². The maximum absolute atomic E-state index is 6.28. The van der Waals surface area contributed by atoms with Crippen LogP contribution >= 0.6 is 39.0 Å². The second-order valence-electron chi connectivity index (χ2n) is 6.35. The van der Waals surface area contributed by atoms with E-state index in [1.54, 1.807) is 23.1 Å². The molecule has 5 rings (SSSR count). The second-order valence-corrected chi connectivity index (χ2v) is 9.79. The molecule has 3 heterocycles. The number of fused-ring (bicyclic) bond motifs is 3. The van der Waals surface area contributed by atoms with Crippen LogP contribution in [0.3, 0.4) is 0 Å². The molecule has 4 aromatic rings.